The summed E-state index contributed by atoms with van der Waals surface area (Å²) in [6.07, 6.45) is 2.44. The number of hydrogen-bond donors (Lipinski definition) is 2. The van der Waals surface area contributed by atoms with E-state index in [0.717, 1.165) is 17.0 Å². The van der Waals surface area contributed by atoms with Gasteiger partial charge < -0.3 is 10.8 Å². The van der Waals surface area contributed by atoms with Crippen LogP contribution in [0.3, 0.4) is 0 Å². The number of aliphatic carboxylic acids is 1. The van der Waals surface area contributed by atoms with Gasteiger partial charge in [-0.1, -0.05) is 17.7 Å². The number of rotatable bonds is 4. The second-order valence-electron chi connectivity index (χ2n) is 5.23. The number of hydrogen-bond acceptors (Lipinski definition) is 3. The number of fused-ring (bicyclic) bond motifs is 1. The second-order valence-corrected chi connectivity index (χ2v) is 5.63. The summed E-state index contributed by atoms with van der Waals surface area (Å²) in [5.74, 6) is -1.47. The molecule has 0 atom stereocenters. The Kier molecular flexibility index (Phi) is 4.22. The smallest absolute Gasteiger partial charge is 0.328 e. The Morgan fingerprint density at radius 3 is 2.83 bits per heavy atom. The summed E-state index contributed by atoms with van der Waals surface area (Å²) in [5, 5.41) is 14.3. The summed E-state index contributed by atoms with van der Waals surface area (Å²) in [6.45, 7) is 0.306. The van der Waals surface area contributed by atoms with Crippen LogP contribution in [0, 0.1) is 5.82 Å². The Morgan fingerprint density at radius 2 is 2.12 bits per heavy atom. The number of carboxylic acids is 1. The molecule has 0 spiro atoms. The fourth-order valence-corrected chi connectivity index (χ4v) is 2.65. The highest BCUT2D eigenvalue weighted by Gasteiger charge is 2.11. The molecule has 0 aliphatic rings. The highest BCUT2D eigenvalue weighted by Crippen LogP contribution is 2.25. The summed E-state index contributed by atoms with van der Waals surface area (Å²) in [7, 11) is 0. The molecule has 0 unspecified atom stereocenters. The quantitative estimate of drug-likeness (QED) is 0.559. The molecule has 3 N–H and O–H groups in total. The molecule has 1 aromatic heterocycles. The van der Waals surface area contributed by atoms with Crippen molar-refractivity contribution in [2.75, 3.05) is 5.73 Å². The number of anilines is 1. The van der Waals surface area contributed by atoms with Gasteiger partial charge in [0.2, 0.25) is 0 Å². The molecule has 24 heavy (non-hydrogen) atoms. The molecule has 0 saturated carbocycles. The molecule has 2 aromatic carbocycles. The number of carbonyl (C=O) groups is 1. The van der Waals surface area contributed by atoms with Gasteiger partial charge in [0.25, 0.3) is 0 Å². The van der Waals surface area contributed by atoms with Crippen LogP contribution in [0.4, 0.5) is 10.1 Å². The second kappa shape index (κ2) is 6.33. The predicted molar refractivity (Wildman–Crippen MR) is 91.3 cm³/mol. The highest BCUT2D eigenvalue weighted by molar-refractivity contribution is 6.31. The predicted octanol–water partition coefficient (Wildman–Crippen LogP) is 3.56. The van der Waals surface area contributed by atoms with Crippen molar-refractivity contribution in [2.45, 2.75) is 6.54 Å². The molecule has 122 valence electrons. The van der Waals surface area contributed by atoms with Crippen LogP contribution >= 0.6 is 11.6 Å². The average Bonchev–Trinajstić information content (AvgIpc) is 2.85. The van der Waals surface area contributed by atoms with Crippen molar-refractivity contribution in [1.29, 1.82) is 0 Å². The van der Waals surface area contributed by atoms with Gasteiger partial charge >= 0.3 is 5.97 Å². The van der Waals surface area contributed by atoms with Crippen molar-refractivity contribution >= 4 is 40.2 Å². The van der Waals surface area contributed by atoms with Gasteiger partial charge in [0.05, 0.1) is 17.8 Å². The fourth-order valence-electron chi connectivity index (χ4n) is 2.42. The van der Waals surface area contributed by atoms with E-state index in [2.05, 4.69) is 5.10 Å². The van der Waals surface area contributed by atoms with Crippen LogP contribution in [-0.2, 0) is 11.3 Å². The first kappa shape index (κ1) is 16.0. The van der Waals surface area contributed by atoms with Gasteiger partial charge in [0, 0.05) is 22.2 Å². The Bertz CT molecular complexity index is 966. The summed E-state index contributed by atoms with van der Waals surface area (Å²) in [6, 6.07) is 9.40. The van der Waals surface area contributed by atoms with Crippen molar-refractivity contribution < 1.29 is 14.3 Å². The minimum absolute atomic E-state index is 0.296. The first-order valence-corrected chi connectivity index (χ1v) is 7.43. The largest absolute Gasteiger partial charge is 0.478 e. The summed E-state index contributed by atoms with van der Waals surface area (Å²) in [5.41, 5.74) is 8.33. The molecule has 0 saturated heterocycles. The summed E-state index contributed by atoms with van der Waals surface area (Å²) < 4.78 is 14.8. The maximum absolute atomic E-state index is 13.2. The van der Waals surface area contributed by atoms with Gasteiger partial charge in [-0.15, -0.1) is 0 Å². The van der Waals surface area contributed by atoms with Gasteiger partial charge in [-0.3, -0.25) is 4.68 Å². The van der Waals surface area contributed by atoms with E-state index in [1.54, 1.807) is 28.9 Å². The van der Waals surface area contributed by atoms with E-state index in [1.165, 1.54) is 18.2 Å². The number of carboxylic acid groups (broad SMARTS) is 1. The monoisotopic (exact) mass is 345 g/mol. The molecule has 7 heteroatoms. The first-order valence-electron chi connectivity index (χ1n) is 7.05. The lowest BCUT2D eigenvalue weighted by Crippen LogP contribution is -2.03. The lowest BCUT2D eigenvalue weighted by atomic mass is 10.1. The summed E-state index contributed by atoms with van der Waals surface area (Å²) >= 11 is 6.07. The van der Waals surface area contributed by atoms with E-state index >= 15 is 0 Å². The maximum Gasteiger partial charge on any atom is 0.328 e. The molecule has 1 heterocycles. The zero-order valence-electron chi connectivity index (χ0n) is 12.4. The standard InChI is InChI=1S/C17H13ClFN3O2/c18-14-7-11(19)2-1-10(14)9-22-16-8-12(20)3-4-13(16)15(21-22)5-6-17(23)24/h1-8H,9,20H2,(H,23,24). The first-order chi connectivity index (χ1) is 11.4. The van der Waals surface area contributed by atoms with Gasteiger partial charge in [-0.05, 0) is 42.0 Å². The van der Waals surface area contributed by atoms with Gasteiger partial charge in [-0.25, -0.2) is 9.18 Å². The zero-order chi connectivity index (χ0) is 17.3. The lowest BCUT2D eigenvalue weighted by molar-refractivity contribution is -0.131. The van der Waals surface area contributed by atoms with Crippen molar-refractivity contribution in [2.24, 2.45) is 0 Å². The van der Waals surface area contributed by atoms with E-state index in [0.29, 0.717) is 28.5 Å². The number of benzene rings is 2. The van der Waals surface area contributed by atoms with Crippen LogP contribution in [0.5, 0.6) is 0 Å². The number of nitrogens with zero attached hydrogens (tertiary/aromatic N) is 2. The maximum atomic E-state index is 13.2. The molecular formula is C17H13ClFN3O2. The van der Waals surface area contributed by atoms with Crippen LogP contribution in [0.2, 0.25) is 5.02 Å². The minimum atomic E-state index is -1.06. The van der Waals surface area contributed by atoms with Crippen LogP contribution in [-0.4, -0.2) is 20.9 Å². The third kappa shape index (κ3) is 3.23. The molecule has 5 nitrogen and oxygen atoms in total. The molecule has 3 rings (SSSR count). The summed E-state index contributed by atoms with van der Waals surface area (Å²) in [4.78, 5) is 10.7. The van der Waals surface area contributed by atoms with Crippen LogP contribution in [0.15, 0.2) is 42.5 Å². The molecule has 0 aliphatic carbocycles. The van der Waals surface area contributed by atoms with Crippen LogP contribution in [0.1, 0.15) is 11.3 Å². The van der Waals surface area contributed by atoms with E-state index < -0.39 is 11.8 Å². The Hall–Kier alpha value is -2.86. The molecular weight excluding hydrogens is 333 g/mol. The Balaban J connectivity index is 2.09. The van der Waals surface area contributed by atoms with Crippen LogP contribution in [0.25, 0.3) is 17.0 Å². The zero-order valence-corrected chi connectivity index (χ0v) is 13.2. The molecule has 0 radical (unpaired) electrons. The number of nitrogens with two attached hydrogens (primary N) is 1. The van der Waals surface area contributed by atoms with Crippen molar-refractivity contribution in [3.05, 3.63) is 64.6 Å². The van der Waals surface area contributed by atoms with Crippen LogP contribution < -0.4 is 5.73 Å². The SMILES string of the molecule is Nc1ccc2c(C=CC(=O)O)nn(Cc3ccc(F)cc3Cl)c2c1. The number of halogens is 2. The minimum Gasteiger partial charge on any atom is -0.478 e. The average molecular weight is 346 g/mol. The molecule has 0 bridgehead atoms. The van der Waals surface area contributed by atoms with Gasteiger partial charge in [-0.2, -0.15) is 5.10 Å². The topological polar surface area (TPSA) is 81.1 Å². The van der Waals surface area contributed by atoms with Gasteiger partial charge in [0.1, 0.15) is 5.82 Å². The Morgan fingerprint density at radius 1 is 1.33 bits per heavy atom. The molecule has 0 fully saturated rings. The third-order valence-corrected chi connectivity index (χ3v) is 3.88. The van der Waals surface area contributed by atoms with E-state index in [9.17, 15) is 9.18 Å². The normalized spacial score (nSPS) is 11.4. The van der Waals surface area contributed by atoms with E-state index in [-0.39, 0.29) is 0 Å². The van der Waals surface area contributed by atoms with Crippen molar-refractivity contribution in [1.82, 2.24) is 9.78 Å². The number of nitrogen functional groups attached to an aromatic ring is 1. The third-order valence-electron chi connectivity index (χ3n) is 3.52. The van der Waals surface area contributed by atoms with Crippen molar-refractivity contribution in [3.63, 3.8) is 0 Å². The van der Waals surface area contributed by atoms with E-state index in [1.807, 2.05) is 0 Å². The van der Waals surface area contributed by atoms with Crippen molar-refractivity contribution in [3.8, 4) is 0 Å². The molecule has 0 amide bonds. The molecule has 0 aliphatic heterocycles. The van der Waals surface area contributed by atoms with E-state index in [4.69, 9.17) is 22.4 Å². The van der Waals surface area contributed by atoms with Gasteiger partial charge in [0.15, 0.2) is 0 Å². The highest BCUT2D eigenvalue weighted by atomic mass is 35.5. The number of aromatic nitrogens is 2. The fraction of sp³-hybridized carbons (Fsp3) is 0.0588. The Labute approximate surface area is 141 Å². The molecule has 3 aromatic rings. The lowest BCUT2D eigenvalue weighted by Gasteiger charge is -2.06.